The summed E-state index contributed by atoms with van der Waals surface area (Å²) in [6, 6.07) is 24.1. The van der Waals surface area contributed by atoms with Crippen LogP contribution in [-0.2, 0) is 9.53 Å². The minimum Gasteiger partial charge on any atom is -0.465 e. The number of hydrogen-bond acceptors (Lipinski definition) is 6. The number of methoxy groups -OCH3 is 1. The van der Waals surface area contributed by atoms with Crippen LogP contribution >= 0.6 is 23.4 Å². The summed E-state index contributed by atoms with van der Waals surface area (Å²) in [4.78, 5) is 28.9. The van der Waals surface area contributed by atoms with Crippen LogP contribution in [0.25, 0.3) is 22.6 Å². The fourth-order valence-electron chi connectivity index (χ4n) is 3.13. The van der Waals surface area contributed by atoms with E-state index in [0.29, 0.717) is 22.4 Å². The van der Waals surface area contributed by atoms with Crippen LogP contribution in [0.3, 0.4) is 0 Å². The molecular weight excluding hydrogens is 460 g/mol. The van der Waals surface area contributed by atoms with Crippen molar-refractivity contribution in [2.75, 3.05) is 18.2 Å². The first-order chi connectivity index (χ1) is 16.0. The van der Waals surface area contributed by atoms with Gasteiger partial charge < -0.3 is 14.5 Å². The van der Waals surface area contributed by atoms with E-state index in [1.807, 2.05) is 60.7 Å². The van der Waals surface area contributed by atoms with Crippen LogP contribution in [-0.4, -0.2) is 29.7 Å². The van der Waals surface area contributed by atoms with E-state index in [4.69, 9.17) is 20.8 Å². The number of oxazole rings is 1. The number of anilines is 1. The van der Waals surface area contributed by atoms with Gasteiger partial charge in [-0.15, -0.1) is 0 Å². The molecule has 0 fully saturated rings. The number of rotatable bonds is 7. The van der Waals surface area contributed by atoms with E-state index in [-0.39, 0.29) is 22.2 Å². The highest BCUT2D eigenvalue weighted by atomic mass is 35.5. The van der Waals surface area contributed by atoms with Crippen LogP contribution in [0.4, 0.5) is 5.69 Å². The molecule has 3 aromatic carbocycles. The highest BCUT2D eigenvalue weighted by Crippen LogP contribution is 2.35. The third-order valence-corrected chi connectivity index (χ3v) is 5.83. The molecule has 0 spiro atoms. The molecule has 0 saturated heterocycles. The van der Waals surface area contributed by atoms with E-state index in [2.05, 4.69) is 10.3 Å². The largest absolute Gasteiger partial charge is 0.465 e. The number of ether oxygens (including phenoxy) is 1. The maximum atomic E-state index is 12.5. The number of nitrogens with zero attached hydrogens (tertiary/aromatic N) is 1. The number of hydrogen-bond donors (Lipinski definition) is 1. The molecule has 4 aromatic rings. The second-order valence-corrected chi connectivity index (χ2v) is 8.25. The average molecular weight is 479 g/mol. The van der Waals surface area contributed by atoms with Crippen molar-refractivity contribution >= 4 is 40.9 Å². The molecule has 1 aromatic heterocycles. The number of halogens is 1. The molecular formula is C25H19ClN2O4S. The molecule has 1 N–H and O–H groups in total. The molecule has 0 radical (unpaired) electrons. The summed E-state index contributed by atoms with van der Waals surface area (Å²) in [5.41, 5.74) is 3.15. The summed E-state index contributed by atoms with van der Waals surface area (Å²) >= 11 is 7.21. The second-order valence-electron chi connectivity index (χ2n) is 6.91. The summed E-state index contributed by atoms with van der Waals surface area (Å²) in [6.45, 7) is 0. The van der Waals surface area contributed by atoms with E-state index < -0.39 is 5.97 Å². The SMILES string of the molecule is COC(=O)c1cc(NC(=O)CSc2nc(-c3ccccc3)c(-c3ccccc3)o2)ccc1Cl. The number of carbonyl (C=O) groups is 2. The standard InChI is InChI=1S/C25H19ClN2O4S/c1-31-24(30)19-14-18(12-13-20(19)26)27-21(29)15-33-25-28-22(16-8-4-2-5-9-16)23(32-25)17-10-6-3-7-11-17/h2-14H,15H2,1H3,(H,27,29). The third-order valence-electron chi connectivity index (χ3n) is 4.67. The van der Waals surface area contributed by atoms with Crippen LogP contribution in [0.15, 0.2) is 88.5 Å². The number of esters is 1. The lowest BCUT2D eigenvalue weighted by atomic mass is 10.1. The highest BCUT2D eigenvalue weighted by molar-refractivity contribution is 7.99. The van der Waals surface area contributed by atoms with Crippen molar-refractivity contribution in [3.05, 3.63) is 89.4 Å². The van der Waals surface area contributed by atoms with Gasteiger partial charge in [-0.1, -0.05) is 84.0 Å². The molecule has 166 valence electrons. The van der Waals surface area contributed by atoms with Gasteiger partial charge in [-0.3, -0.25) is 4.79 Å². The molecule has 0 saturated carbocycles. The molecule has 4 rings (SSSR count). The fourth-order valence-corrected chi connectivity index (χ4v) is 3.95. The van der Waals surface area contributed by atoms with Gasteiger partial charge in [-0.25, -0.2) is 9.78 Å². The zero-order valence-corrected chi connectivity index (χ0v) is 19.2. The minimum absolute atomic E-state index is 0.0686. The number of amides is 1. The van der Waals surface area contributed by atoms with Crippen molar-refractivity contribution in [3.63, 3.8) is 0 Å². The van der Waals surface area contributed by atoms with E-state index in [9.17, 15) is 9.59 Å². The van der Waals surface area contributed by atoms with Crippen molar-refractivity contribution in [3.8, 4) is 22.6 Å². The Morgan fingerprint density at radius 2 is 1.67 bits per heavy atom. The van der Waals surface area contributed by atoms with Crippen LogP contribution in [0.5, 0.6) is 0 Å². The number of thioether (sulfide) groups is 1. The predicted molar refractivity (Wildman–Crippen MR) is 130 cm³/mol. The summed E-state index contributed by atoms with van der Waals surface area (Å²) in [6.07, 6.45) is 0. The number of nitrogens with one attached hydrogen (secondary N) is 1. The van der Waals surface area contributed by atoms with Gasteiger partial charge in [-0.05, 0) is 18.2 Å². The molecule has 0 aliphatic rings. The van der Waals surface area contributed by atoms with Crippen LogP contribution in [0, 0.1) is 0 Å². The van der Waals surface area contributed by atoms with Gasteiger partial charge >= 0.3 is 5.97 Å². The Bertz CT molecular complexity index is 1220. The van der Waals surface area contributed by atoms with E-state index in [1.165, 1.54) is 31.0 Å². The monoisotopic (exact) mass is 478 g/mol. The Labute approximate surface area is 199 Å². The Kier molecular flexibility index (Phi) is 7.12. The van der Waals surface area contributed by atoms with Crippen LogP contribution in [0.1, 0.15) is 10.4 Å². The minimum atomic E-state index is -0.577. The molecule has 0 atom stereocenters. The first-order valence-electron chi connectivity index (χ1n) is 9.97. The molecule has 1 heterocycles. The lowest BCUT2D eigenvalue weighted by Crippen LogP contribution is -2.14. The molecule has 1 amide bonds. The molecule has 8 heteroatoms. The molecule has 33 heavy (non-hydrogen) atoms. The number of aromatic nitrogens is 1. The lowest BCUT2D eigenvalue weighted by molar-refractivity contribution is -0.113. The molecule has 6 nitrogen and oxygen atoms in total. The van der Waals surface area contributed by atoms with Gasteiger partial charge in [0.05, 0.1) is 23.4 Å². The first kappa shape index (κ1) is 22.6. The summed E-state index contributed by atoms with van der Waals surface area (Å²) in [7, 11) is 1.27. The van der Waals surface area contributed by atoms with Gasteiger partial charge in [0, 0.05) is 16.8 Å². The maximum absolute atomic E-state index is 12.5. The zero-order chi connectivity index (χ0) is 23.2. The van der Waals surface area contributed by atoms with Crippen molar-refractivity contribution in [1.29, 1.82) is 0 Å². The van der Waals surface area contributed by atoms with Crippen LogP contribution in [0.2, 0.25) is 5.02 Å². The van der Waals surface area contributed by atoms with Crippen molar-refractivity contribution in [2.24, 2.45) is 0 Å². The normalized spacial score (nSPS) is 10.6. The first-order valence-corrected chi connectivity index (χ1v) is 11.3. The smallest absolute Gasteiger partial charge is 0.339 e. The highest BCUT2D eigenvalue weighted by Gasteiger charge is 2.18. The fraction of sp³-hybridized carbons (Fsp3) is 0.0800. The summed E-state index contributed by atoms with van der Waals surface area (Å²) in [5, 5.41) is 3.38. The topological polar surface area (TPSA) is 81.4 Å². The number of benzene rings is 3. The van der Waals surface area contributed by atoms with Gasteiger partial charge in [0.25, 0.3) is 5.22 Å². The van der Waals surface area contributed by atoms with Crippen molar-refractivity contribution in [1.82, 2.24) is 4.98 Å². The van der Waals surface area contributed by atoms with E-state index in [1.54, 1.807) is 6.07 Å². The third kappa shape index (κ3) is 5.45. The maximum Gasteiger partial charge on any atom is 0.339 e. The second kappa shape index (κ2) is 10.4. The molecule has 0 bridgehead atoms. The summed E-state index contributed by atoms with van der Waals surface area (Å²) < 4.78 is 10.7. The molecule has 0 unspecified atom stereocenters. The summed E-state index contributed by atoms with van der Waals surface area (Å²) in [5.74, 6) is -0.143. The van der Waals surface area contributed by atoms with Crippen molar-refractivity contribution < 1.29 is 18.7 Å². The molecule has 0 aliphatic heterocycles. The number of carbonyl (C=O) groups excluding carboxylic acids is 2. The van der Waals surface area contributed by atoms with E-state index in [0.717, 1.165) is 11.1 Å². The predicted octanol–water partition coefficient (Wildman–Crippen LogP) is 6.18. The van der Waals surface area contributed by atoms with Crippen LogP contribution < -0.4 is 5.32 Å². The van der Waals surface area contributed by atoms with Gasteiger partial charge in [0.15, 0.2) is 5.76 Å². The van der Waals surface area contributed by atoms with Gasteiger partial charge in [0.2, 0.25) is 5.91 Å². The van der Waals surface area contributed by atoms with Crippen molar-refractivity contribution in [2.45, 2.75) is 5.22 Å². The zero-order valence-electron chi connectivity index (χ0n) is 17.6. The molecule has 0 aliphatic carbocycles. The lowest BCUT2D eigenvalue weighted by Gasteiger charge is -2.07. The van der Waals surface area contributed by atoms with E-state index >= 15 is 0 Å². The Morgan fingerprint density at radius 3 is 2.33 bits per heavy atom. The van der Waals surface area contributed by atoms with Gasteiger partial charge in [-0.2, -0.15) is 0 Å². The Hall–Kier alpha value is -3.55. The van der Waals surface area contributed by atoms with Gasteiger partial charge in [0.1, 0.15) is 5.69 Å². The quantitative estimate of drug-likeness (QED) is 0.252. The Balaban J connectivity index is 1.50. The Morgan fingerprint density at radius 1 is 1.00 bits per heavy atom. The average Bonchev–Trinajstić information content (AvgIpc) is 3.29.